The molecule has 0 aliphatic carbocycles. The third kappa shape index (κ3) is 1.54. The summed E-state index contributed by atoms with van der Waals surface area (Å²) < 4.78 is 37.1. The minimum atomic E-state index is -2.98. The number of nitriles is 1. The van der Waals surface area contributed by atoms with Gasteiger partial charge in [0, 0.05) is 0 Å². The number of nitrogen functional groups attached to an aromatic ring is 1. The van der Waals surface area contributed by atoms with E-state index in [2.05, 4.69) is 4.98 Å². The van der Waals surface area contributed by atoms with Gasteiger partial charge in [0.15, 0.2) is 0 Å². The average molecular weight is 187 g/mol. The average Bonchev–Trinajstić information content (AvgIpc) is 2.07. The van der Waals surface area contributed by atoms with Crippen molar-refractivity contribution < 1.29 is 13.2 Å². The fraction of sp³-hybridized carbons (Fsp3) is 0.143. The van der Waals surface area contributed by atoms with E-state index in [9.17, 15) is 13.2 Å². The number of alkyl halides is 2. The Morgan fingerprint density at radius 2 is 2.15 bits per heavy atom. The topological polar surface area (TPSA) is 62.7 Å². The van der Waals surface area contributed by atoms with Crippen LogP contribution in [0.4, 0.5) is 18.9 Å². The molecule has 1 heterocycles. The lowest BCUT2D eigenvalue weighted by Crippen LogP contribution is -2.03. The van der Waals surface area contributed by atoms with Crippen molar-refractivity contribution in [3.8, 4) is 6.07 Å². The van der Waals surface area contributed by atoms with Crippen LogP contribution >= 0.6 is 0 Å². The van der Waals surface area contributed by atoms with Crippen LogP contribution in [0.5, 0.6) is 0 Å². The van der Waals surface area contributed by atoms with Gasteiger partial charge in [-0.3, -0.25) is 0 Å². The fourth-order valence-electron chi connectivity index (χ4n) is 0.857. The van der Waals surface area contributed by atoms with Crippen LogP contribution < -0.4 is 5.73 Å². The Kier molecular flexibility index (Phi) is 2.37. The van der Waals surface area contributed by atoms with Crippen LogP contribution in [-0.4, -0.2) is 4.98 Å². The molecular weight excluding hydrogens is 183 g/mol. The Morgan fingerprint density at radius 3 is 2.54 bits per heavy atom. The van der Waals surface area contributed by atoms with Crippen LogP contribution in [0, 0.1) is 17.3 Å². The van der Waals surface area contributed by atoms with Crippen molar-refractivity contribution in [2.45, 2.75) is 6.43 Å². The number of rotatable bonds is 1. The lowest BCUT2D eigenvalue weighted by molar-refractivity contribution is 0.151. The maximum Gasteiger partial charge on any atom is 0.267 e. The molecule has 0 aliphatic rings. The smallest absolute Gasteiger partial charge is 0.267 e. The second-order valence-electron chi connectivity index (χ2n) is 2.21. The molecule has 0 saturated heterocycles. The molecular formula is C7H4F3N3. The summed E-state index contributed by atoms with van der Waals surface area (Å²) in [4.78, 5) is 3.05. The Balaban J connectivity index is 3.46. The minimum Gasteiger partial charge on any atom is -0.397 e. The van der Waals surface area contributed by atoms with Crippen molar-refractivity contribution >= 4 is 5.69 Å². The van der Waals surface area contributed by atoms with Gasteiger partial charge in [-0.05, 0) is 0 Å². The Hall–Kier alpha value is -1.77. The number of pyridine rings is 1. The lowest BCUT2D eigenvalue weighted by atomic mass is 10.1. The van der Waals surface area contributed by atoms with E-state index in [1.807, 2.05) is 0 Å². The predicted molar refractivity (Wildman–Crippen MR) is 38.3 cm³/mol. The highest BCUT2D eigenvalue weighted by Crippen LogP contribution is 2.28. The molecule has 1 aromatic heterocycles. The highest BCUT2D eigenvalue weighted by atomic mass is 19.3. The zero-order valence-corrected chi connectivity index (χ0v) is 6.26. The standard InChI is InChI=1S/C7H4F3N3/c8-6(9)5-3(1-11)7(10)13-2-4(5)12/h2,6H,12H2. The van der Waals surface area contributed by atoms with Crippen molar-refractivity contribution in [1.29, 1.82) is 5.26 Å². The molecule has 0 fully saturated rings. The van der Waals surface area contributed by atoms with Crippen molar-refractivity contribution in [3.05, 3.63) is 23.3 Å². The number of hydrogen-bond acceptors (Lipinski definition) is 3. The number of hydrogen-bond donors (Lipinski definition) is 1. The second-order valence-corrected chi connectivity index (χ2v) is 2.21. The Bertz CT molecular complexity index is 370. The molecule has 3 nitrogen and oxygen atoms in total. The SMILES string of the molecule is N#Cc1c(F)ncc(N)c1C(F)F. The van der Waals surface area contributed by atoms with Crippen molar-refractivity contribution in [3.63, 3.8) is 0 Å². The molecule has 0 amide bonds. The molecule has 0 radical (unpaired) electrons. The molecule has 0 atom stereocenters. The van der Waals surface area contributed by atoms with Gasteiger partial charge in [0.1, 0.15) is 11.6 Å². The monoisotopic (exact) mass is 187 g/mol. The van der Waals surface area contributed by atoms with E-state index in [-0.39, 0.29) is 5.69 Å². The molecule has 0 saturated carbocycles. The summed E-state index contributed by atoms with van der Waals surface area (Å²) in [6.45, 7) is 0. The van der Waals surface area contributed by atoms with Gasteiger partial charge in [0.2, 0.25) is 5.95 Å². The zero-order chi connectivity index (χ0) is 10.0. The summed E-state index contributed by atoms with van der Waals surface area (Å²) in [6, 6.07) is 1.29. The maximum absolute atomic E-state index is 12.7. The van der Waals surface area contributed by atoms with E-state index in [4.69, 9.17) is 11.0 Å². The first-order valence-electron chi connectivity index (χ1n) is 3.20. The van der Waals surface area contributed by atoms with Gasteiger partial charge >= 0.3 is 0 Å². The highest BCUT2D eigenvalue weighted by molar-refractivity contribution is 5.53. The van der Waals surface area contributed by atoms with Gasteiger partial charge in [-0.15, -0.1) is 0 Å². The number of aromatic nitrogens is 1. The first kappa shape index (κ1) is 9.32. The summed E-state index contributed by atoms with van der Waals surface area (Å²) >= 11 is 0. The third-order valence-electron chi connectivity index (χ3n) is 1.43. The van der Waals surface area contributed by atoms with Crippen molar-refractivity contribution in [2.24, 2.45) is 0 Å². The van der Waals surface area contributed by atoms with E-state index < -0.39 is 23.5 Å². The summed E-state index contributed by atoms with van der Waals surface area (Å²) in [5, 5.41) is 8.35. The van der Waals surface area contributed by atoms with Crippen LogP contribution in [0.2, 0.25) is 0 Å². The molecule has 0 aromatic carbocycles. The molecule has 2 N–H and O–H groups in total. The number of nitrogens with zero attached hydrogens (tertiary/aromatic N) is 2. The quantitative estimate of drug-likeness (QED) is 0.679. The first-order chi connectivity index (χ1) is 6.07. The van der Waals surface area contributed by atoms with Gasteiger partial charge in [-0.1, -0.05) is 0 Å². The molecule has 13 heavy (non-hydrogen) atoms. The molecule has 1 aromatic rings. The summed E-state index contributed by atoms with van der Waals surface area (Å²) in [6.07, 6.45) is -2.22. The van der Waals surface area contributed by atoms with Crippen LogP contribution in [0.3, 0.4) is 0 Å². The third-order valence-corrected chi connectivity index (χ3v) is 1.43. The Labute approximate surface area is 71.6 Å². The highest BCUT2D eigenvalue weighted by Gasteiger charge is 2.20. The summed E-state index contributed by atoms with van der Waals surface area (Å²) in [7, 11) is 0. The fourth-order valence-corrected chi connectivity index (χ4v) is 0.857. The predicted octanol–water partition coefficient (Wildman–Crippen LogP) is 1.61. The van der Waals surface area contributed by atoms with Gasteiger partial charge in [-0.25, -0.2) is 13.8 Å². The molecule has 6 heteroatoms. The van der Waals surface area contributed by atoms with Crippen molar-refractivity contribution in [2.75, 3.05) is 5.73 Å². The van der Waals surface area contributed by atoms with E-state index in [0.717, 1.165) is 6.20 Å². The Morgan fingerprint density at radius 1 is 1.54 bits per heavy atom. The number of nitrogens with two attached hydrogens (primary N) is 1. The maximum atomic E-state index is 12.7. The van der Waals surface area contributed by atoms with Crippen LogP contribution in [0.1, 0.15) is 17.6 Å². The zero-order valence-electron chi connectivity index (χ0n) is 6.26. The summed E-state index contributed by atoms with van der Waals surface area (Å²) in [5.41, 5.74) is 3.13. The van der Waals surface area contributed by atoms with E-state index in [0.29, 0.717) is 0 Å². The van der Waals surface area contributed by atoms with Gasteiger partial charge < -0.3 is 5.73 Å². The molecule has 68 valence electrons. The molecule has 0 spiro atoms. The number of halogens is 3. The number of anilines is 1. The molecule has 0 bridgehead atoms. The molecule has 1 rings (SSSR count). The van der Waals surface area contributed by atoms with Crippen LogP contribution in [0.25, 0.3) is 0 Å². The van der Waals surface area contributed by atoms with E-state index in [1.54, 1.807) is 0 Å². The van der Waals surface area contributed by atoms with E-state index in [1.165, 1.54) is 6.07 Å². The normalized spacial score (nSPS) is 10.1. The summed E-state index contributed by atoms with van der Waals surface area (Å²) in [5.74, 6) is -1.23. The van der Waals surface area contributed by atoms with Gasteiger partial charge in [0.25, 0.3) is 6.43 Å². The molecule has 0 unspecified atom stereocenters. The lowest BCUT2D eigenvalue weighted by Gasteiger charge is -2.05. The van der Waals surface area contributed by atoms with E-state index >= 15 is 0 Å². The van der Waals surface area contributed by atoms with Crippen LogP contribution in [-0.2, 0) is 0 Å². The minimum absolute atomic E-state index is 0.382. The molecule has 0 aliphatic heterocycles. The van der Waals surface area contributed by atoms with Gasteiger partial charge in [-0.2, -0.15) is 9.65 Å². The van der Waals surface area contributed by atoms with Gasteiger partial charge in [0.05, 0.1) is 17.4 Å². The largest absolute Gasteiger partial charge is 0.397 e. The first-order valence-corrected chi connectivity index (χ1v) is 3.20. The van der Waals surface area contributed by atoms with Crippen LogP contribution in [0.15, 0.2) is 6.20 Å². The second kappa shape index (κ2) is 3.31. The van der Waals surface area contributed by atoms with Crippen molar-refractivity contribution in [1.82, 2.24) is 4.98 Å².